The molecule has 1 aromatic heterocycles. The van der Waals surface area contributed by atoms with E-state index in [2.05, 4.69) is 28.7 Å². The Hall–Kier alpha value is -1.53. The highest BCUT2D eigenvalue weighted by Gasteiger charge is 2.35. The predicted molar refractivity (Wildman–Crippen MR) is 82.6 cm³/mol. The molecule has 1 saturated heterocycles. The molecule has 120 valence electrons. The van der Waals surface area contributed by atoms with Gasteiger partial charge in [-0.1, -0.05) is 0 Å². The average Bonchev–Trinajstić information content (AvgIpc) is 3.35. The van der Waals surface area contributed by atoms with Crippen LogP contribution in [0, 0.1) is 0 Å². The van der Waals surface area contributed by atoms with Crippen molar-refractivity contribution in [1.82, 2.24) is 19.8 Å². The predicted octanol–water partition coefficient (Wildman–Crippen LogP) is 0.881. The lowest BCUT2D eigenvalue weighted by Gasteiger charge is -2.44. The molecule has 2 atom stereocenters. The second kappa shape index (κ2) is 6.30. The van der Waals surface area contributed by atoms with E-state index in [0.29, 0.717) is 31.1 Å². The molecular formula is C16H24N4O2. The Morgan fingerprint density at radius 3 is 2.59 bits per heavy atom. The topological polar surface area (TPSA) is 69.6 Å². The van der Waals surface area contributed by atoms with E-state index in [0.717, 1.165) is 18.5 Å². The van der Waals surface area contributed by atoms with Gasteiger partial charge in [-0.3, -0.25) is 9.69 Å². The van der Waals surface area contributed by atoms with Crippen molar-refractivity contribution in [3.63, 3.8) is 0 Å². The normalized spacial score (nSPS) is 26.2. The van der Waals surface area contributed by atoms with Gasteiger partial charge < -0.3 is 10.0 Å². The molecule has 3 rings (SSSR count). The molecule has 0 aromatic carbocycles. The average molecular weight is 304 g/mol. The van der Waals surface area contributed by atoms with Crippen LogP contribution in [0.2, 0.25) is 0 Å². The fourth-order valence-corrected chi connectivity index (χ4v) is 3.43. The first-order valence-corrected chi connectivity index (χ1v) is 8.07. The van der Waals surface area contributed by atoms with Crippen molar-refractivity contribution in [2.75, 3.05) is 26.2 Å². The van der Waals surface area contributed by atoms with Gasteiger partial charge in [0.2, 0.25) is 0 Å². The smallest absolute Gasteiger partial charge is 0.257 e. The Bertz CT molecular complexity index is 535. The molecule has 0 radical (unpaired) electrons. The lowest BCUT2D eigenvalue weighted by atomic mass is 10.1. The van der Waals surface area contributed by atoms with Crippen LogP contribution in [0.3, 0.4) is 0 Å². The second-order valence-electron chi connectivity index (χ2n) is 6.47. The maximum absolute atomic E-state index is 12.9. The number of carbonyl (C=O) groups is 1. The highest BCUT2D eigenvalue weighted by Crippen LogP contribution is 2.40. The molecule has 6 heteroatoms. The number of aliphatic hydroxyl groups excluding tert-OH is 1. The van der Waals surface area contributed by atoms with Crippen molar-refractivity contribution < 1.29 is 9.90 Å². The van der Waals surface area contributed by atoms with Crippen LogP contribution in [0.25, 0.3) is 0 Å². The first kappa shape index (κ1) is 15.4. The van der Waals surface area contributed by atoms with Crippen LogP contribution in [0.4, 0.5) is 0 Å². The number of piperazine rings is 1. The van der Waals surface area contributed by atoms with Gasteiger partial charge >= 0.3 is 0 Å². The van der Waals surface area contributed by atoms with Gasteiger partial charge in [0.05, 0.1) is 17.9 Å². The Balaban J connectivity index is 1.76. The number of amides is 1. The van der Waals surface area contributed by atoms with Crippen LogP contribution >= 0.6 is 0 Å². The zero-order chi connectivity index (χ0) is 15.7. The summed E-state index contributed by atoms with van der Waals surface area (Å²) in [4.78, 5) is 25.4. The van der Waals surface area contributed by atoms with Gasteiger partial charge in [-0.25, -0.2) is 9.97 Å². The number of nitrogens with zero attached hydrogens (tertiary/aromatic N) is 4. The molecule has 0 spiro atoms. The molecule has 22 heavy (non-hydrogen) atoms. The van der Waals surface area contributed by atoms with Crippen molar-refractivity contribution in [2.45, 2.75) is 44.7 Å². The first-order valence-electron chi connectivity index (χ1n) is 8.07. The summed E-state index contributed by atoms with van der Waals surface area (Å²) < 4.78 is 0. The van der Waals surface area contributed by atoms with Crippen LogP contribution in [0.5, 0.6) is 0 Å². The maximum Gasteiger partial charge on any atom is 0.257 e. The van der Waals surface area contributed by atoms with Crippen molar-refractivity contribution in [3.8, 4) is 0 Å². The molecule has 1 N–H and O–H groups in total. The minimum atomic E-state index is 0.0462. The van der Waals surface area contributed by atoms with E-state index in [4.69, 9.17) is 0 Å². The minimum Gasteiger partial charge on any atom is -0.395 e. The summed E-state index contributed by atoms with van der Waals surface area (Å²) in [5, 5.41) is 9.17. The molecule has 2 fully saturated rings. The Morgan fingerprint density at radius 1 is 1.32 bits per heavy atom. The van der Waals surface area contributed by atoms with E-state index in [1.807, 2.05) is 4.90 Å². The highest BCUT2D eigenvalue weighted by atomic mass is 16.3. The summed E-state index contributed by atoms with van der Waals surface area (Å²) >= 11 is 0. The van der Waals surface area contributed by atoms with Crippen molar-refractivity contribution in [3.05, 3.63) is 23.8 Å². The van der Waals surface area contributed by atoms with E-state index >= 15 is 0 Å². The monoisotopic (exact) mass is 304 g/mol. The standard InChI is InChI=1S/C16H24N4O2/c1-11-8-19(9-12(2)20(11)5-6-21)16(22)14-7-17-10-18-15(14)13-3-4-13/h7,10-13,21H,3-6,8-9H2,1-2H3/t11-,12+. The number of aromatic nitrogens is 2. The van der Waals surface area contributed by atoms with Gasteiger partial charge in [0.1, 0.15) is 6.33 Å². The molecule has 1 aliphatic heterocycles. The van der Waals surface area contributed by atoms with Crippen LogP contribution in [-0.2, 0) is 0 Å². The SMILES string of the molecule is C[C@@H]1CN(C(=O)c2cncnc2C2CC2)C[C@H](C)N1CCO. The lowest BCUT2D eigenvalue weighted by Crippen LogP contribution is -2.58. The zero-order valence-corrected chi connectivity index (χ0v) is 13.3. The fourth-order valence-electron chi connectivity index (χ4n) is 3.43. The third kappa shape index (κ3) is 2.98. The number of hydrogen-bond donors (Lipinski definition) is 1. The summed E-state index contributed by atoms with van der Waals surface area (Å²) in [6, 6.07) is 0.489. The van der Waals surface area contributed by atoms with Crippen LogP contribution in [0.1, 0.15) is 48.7 Å². The lowest BCUT2D eigenvalue weighted by molar-refractivity contribution is 0.0235. The molecule has 1 saturated carbocycles. The summed E-state index contributed by atoms with van der Waals surface area (Å²) in [6.45, 7) is 6.39. The molecule has 2 aliphatic rings. The maximum atomic E-state index is 12.9. The molecule has 2 heterocycles. The summed E-state index contributed by atoms with van der Waals surface area (Å²) in [5.41, 5.74) is 1.58. The van der Waals surface area contributed by atoms with Crippen LogP contribution < -0.4 is 0 Å². The highest BCUT2D eigenvalue weighted by molar-refractivity contribution is 5.95. The van der Waals surface area contributed by atoms with Crippen molar-refractivity contribution in [2.24, 2.45) is 0 Å². The van der Waals surface area contributed by atoms with Gasteiger partial charge in [0.25, 0.3) is 5.91 Å². The number of aliphatic hydroxyl groups is 1. The summed E-state index contributed by atoms with van der Waals surface area (Å²) in [5.74, 6) is 0.484. The number of carbonyl (C=O) groups excluding carboxylic acids is 1. The van der Waals surface area contributed by atoms with Gasteiger partial charge in [0, 0.05) is 43.8 Å². The Kier molecular flexibility index (Phi) is 4.40. The largest absolute Gasteiger partial charge is 0.395 e. The molecular weight excluding hydrogens is 280 g/mol. The molecule has 1 amide bonds. The number of β-amino-alcohol motifs (C(OH)–C–C–N with tert-alkyl or cyclic N) is 1. The van der Waals surface area contributed by atoms with E-state index in [9.17, 15) is 9.90 Å². The summed E-state index contributed by atoms with van der Waals surface area (Å²) in [6.07, 6.45) is 5.44. The van der Waals surface area contributed by atoms with E-state index in [1.165, 1.54) is 6.33 Å². The molecule has 1 aromatic rings. The van der Waals surface area contributed by atoms with Crippen LogP contribution in [0.15, 0.2) is 12.5 Å². The molecule has 0 unspecified atom stereocenters. The second-order valence-corrected chi connectivity index (χ2v) is 6.47. The first-order chi connectivity index (χ1) is 10.6. The van der Waals surface area contributed by atoms with Gasteiger partial charge in [-0.15, -0.1) is 0 Å². The van der Waals surface area contributed by atoms with Crippen molar-refractivity contribution >= 4 is 5.91 Å². The van der Waals surface area contributed by atoms with E-state index in [1.54, 1.807) is 6.20 Å². The zero-order valence-electron chi connectivity index (χ0n) is 13.3. The Morgan fingerprint density at radius 2 is 2.00 bits per heavy atom. The van der Waals surface area contributed by atoms with Crippen LogP contribution in [-0.4, -0.2) is 69.1 Å². The van der Waals surface area contributed by atoms with Gasteiger partial charge in [-0.2, -0.15) is 0 Å². The van der Waals surface area contributed by atoms with E-state index < -0.39 is 0 Å². The summed E-state index contributed by atoms with van der Waals surface area (Å²) in [7, 11) is 0. The quantitative estimate of drug-likeness (QED) is 0.894. The van der Waals surface area contributed by atoms with Crippen molar-refractivity contribution in [1.29, 1.82) is 0 Å². The molecule has 6 nitrogen and oxygen atoms in total. The Labute approximate surface area is 131 Å². The third-order valence-electron chi connectivity index (χ3n) is 4.68. The number of rotatable bonds is 4. The molecule has 1 aliphatic carbocycles. The van der Waals surface area contributed by atoms with E-state index in [-0.39, 0.29) is 24.6 Å². The third-order valence-corrected chi connectivity index (χ3v) is 4.68. The van der Waals surface area contributed by atoms with Gasteiger partial charge in [-0.05, 0) is 26.7 Å². The minimum absolute atomic E-state index is 0.0462. The fraction of sp³-hybridized carbons (Fsp3) is 0.688. The molecule has 0 bridgehead atoms. The number of hydrogen-bond acceptors (Lipinski definition) is 5. The van der Waals surface area contributed by atoms with Gasteiger partial charge in [0.15, 0.2) is 0 Å².